The molecule has 1 rings (SSSR count). The van der Waals surface area contributed by atoms with E-state index in [2.05, 4.69) is 36.6 Å². The summed E-state index contributed by atoms with van der Waals surface area (Å²) < 4.78 is 40.5. The molecule has 0 unspecified atom stereocenters. The SMILES string of the molecule is Nc1c(Br)cc(Cl)c(OC(=O)C(F)(F)F)c1Br. The van der Waals surface area contributed by atoms with Crippen molar-refractivity contribution in [2.45, 2.75) is 6.18 Å². The molecular weight excluding hydrogens is 394 g/mol. The predicted octanol–water partition coefficient (Wildman–Crippen LogP) is 3.91. The van der Waals surface area contributed by atoms with E-state index in [0.29, 0.717) is 4.47 Å². The number of hydrogen-bond acceptors (Lipinski definition) is 3. The zero-order valence-corrected chi connectivity index (χ0v) is 11.7. The predicted molar refractivity (Wildman–Crippen MR) is 63.0 cm³/mol. The summed E-state index contributed by atoms with van der Waals surface area (Å²) in [6.45, 7) is 0. The Labute approximate surface area is 115 Å². The minimum Gasteiger partial charge on any atom is -0.417 e. The molecular formula is C8H3Br2ClF3NO2. The standard InChI is InChI=1S/C8H3Br2ClF3NO2/c9-2-1-3(11)6(4(10)5(2)15)17-7(16)8(12,13)14/h1H,15H2. The normalized spacial score (nSPS) is 11.4. The minimum atomic E-state index is -5.11. The Balaban J connectivity index is 3.17. The average Bonchev–Trinajstić information content (AvgIpc) is 2.19. The van der Waals surface area contributed by atoms with E-state index in [9.17, 15) is 18.0 Å². The van der Waals surface area contributed by atoms with Gasteiger partial charge in [0, 0.05) is 4.47 Å². The number of benzene rings is 1. The topological polar surface area (TPSA) is 52.3 Å². The zero-order chi connectivity index (χ0) is 13.4. The highest BCUT2D eigenvalue weighted by atomic mass is 79.9. The second-order valence-corrected chi connectivity index (χ2v) is 4.84. The molecule has 1 aromatic carbocycles. The molecule has 1 aromatic rings. The second kappa shape index (κ2) is 5.03. The van der Waals surface area contributed by atoms with Crippen LogP contribution in [0.4, 0.5) is 18.9 Å². The minimum absolute atomic E-state index is 0.0329. The molecule has 9 heteroatoms. The number of nitrogens with two attached hydrogens (primary N) is 1. The maximum atomic E-state index is 12.0. The molecule has 0 aromatic heterocycles. The number of carbonyl (C=O) groups excluding carboxylic acids is 1. The lowest BCUT2D eigenvalue weighted by Gasteiger charge is -2.12. The van der Waals surface area contributed by atoms with Gasteiger partial charge in [-0.1, -0.05) is 11.6 Å². The fourth-order valence-electron chi connectivity index (χ4n) is 0.831. The number of carbonyl (C=O) groups is 1. The molecule has 0 aliphatic heterocycles. The van der Waals surface area contributed by atoms with Gasteiger partial charge in [0.1, 0.15) is 0 Å². The zero-order valence-electron chi connectivity index (χ0n) is 7.74. The van der Waals surface area contributed by atoms with Gasteiger partial charge in [0.15, 0.2) is 5.75 Å². The largest absolute Gasteiger partial charge is 0.491 e. The number of alkyl halides is 3. The van der Waals surface area contributed by atoms with E-state index in [1.165, 1.54) is 6.07 Å². The van der Waals surface area contributed by atoms with Crippen molar-refractivity contribution in [2.24, 2.45) is 0 Å². The van der Waals surface area contributed by atoms with E-state index in [4.69, 9.17) is 17.3 Å². The van der Waals surface area contributed by atoms with Crippen LogP contribution in [0.15, 0.2) is 15.0 Å². The maximum Gasteiger partial charge on any atom is 0.491 e. The molecule has 0 radical (unpaired) electrons. The van der Waals surface area contributed by atoms with Gasteiger partial charge in [-0.15, -0.1) is 0 Å². The third kappa shape index (κ3) is 3.26. The molecule has 2 N–H and O–H groups in total. The number of rotatable bonds is 1. The van der Waals surface area contributed by atoms with Gasteiger partial charge >= 0.3 is 12.1 Å². The lowest BCUT2D eigenvalue weighted by molar-refractivity contribution is -0.189. The summed E-state index contributed by atoms with van der Waals surface area (Å²) in [5.41, 5.74) is 5.58. The Morgan fingerprint density at radius 3 is 2.41 bits per heavy atom. The van der Waals surface area contributed by atoms with E-state index in [-0.39, 0.29) is 15.2 Å². The van der Waals surface area contributed by atoms with Crippen molar-refractivity contribution in [3.05, 3.63) is 20.0 Å². The summed E-state index contributed by atoms with van der Waals surface area (Å²) in [4.78, 5) is 10.7. The number of halogens is 6. The van der Waals surface area contributed by atoms with Crippen LogP contribution < -0.4 is 10.5 Å². The van der Waals surface area contributed by atoms with Crippen molar-refractivity contribution in [1.82, 2.24) is 0 Å². The Hall–Kier alpha value is -0.470. The number of ether oxygens (including phenoxy) is 1. The summed E-state index contributed by atoms with van der Waals surface area (Å²) in [5, 5.41) is -0.185. The van der Waals surface area contributed by atoms with Gasteiger partial charge in [-0.3, -0.25) is 0 Å². The molecule has 0 heterocycles. The van der Waals surface area contributed by atoms with Gasteiger partial charge in [0.05, 0.1) is 15.2 Å². The van der Waals surface area contributed by atoms with E-state index in [1.807, 2.05) is 0 Å². The quantitative estimate of drug-likeness (QED) is 0.444. The van der Waals surface area contributed by atoms with Gasteiger partial charge in [-0.25, -0.2) is 4.79 Å². The van der Waals surface area contributed by atoms with Crippen molar-refractivity contribution in [3.8, 4) is 5.75 Å². The molecule has 0 spiro atoms. The van der Waals surface area contributed by atoms with Crippen LogP contribution in [-0.4, -0.2) is 12.1 Å². The highest BCUT2D eigenvalue weighted by Gasteiger charge is 2.42. The molecule has 0 amide bonds. The van der Waals surface area contributed by atoms with E-state index in [0.717, 1.165) is 0 Å². The summed E-state index contributed by atoms with van der Waals surface area (Å²) in [5.74, 6) is -2.85. The van der Waals surface area contributed by atoms with Gasteiger partial charge in [-0.2, -0.15) is 13.2 Å². The molecule has 94 valence electrons. The Bertz CT molecular complexity index is 479. The molecule has 0 saturated carbocycles. The summed E-state index contributed by atoms with van der Waals surface area (Å²) >= 11 is 11.6. The smallest absolute Gasteiger partial charge is 0.417 e. The van der Waals surface area contributed by atoms with Crippen LogP contribution in [0.1, 0.15) is 0 Å². The second-order valence-electron chi connectivity index (χ2n) is 2.78. The average molecular weight is 397 g/mol. The van der Waals surface area contributed by atoms with Gasteiger partial charge in [0.2, 0.25) is 0 Å². The van der Waals surface area contributed by atoms with Gasteiger partial charge in [-0.05, 0) is 37.9 Å². The molecule has 0 fully saturated rings. The van der Waals surface area contributed by atoms with Crippen molar-refractivity contribution in [2.75, 3.05) is 5.73 Å². The van der Waals surface area contributed by atoms with Crippen LogP contribution in [0.2, 0.25) is 5.02 Å². The molecule has 0 saturated heterocycles. The first kappa shape index (κ1) is 14.6. The summed E-state index contributed by atoms with van der Waals surface area (Å²) in [6.07, 6.45) is -5.11. The van der Waals surface area contributed by atoms with Crippen LogP contribution in [-0.2, 0) is 4.79 Å². The molecule has 0 bridgehead atoms. The summed E-state index contributed by atoms with van der Waals surface area (Å²) in [6, 6.07) is 1.22. The van der Waals surface area contributed by atoms with Crippen LogP contribution in [0.25, 0.3) is 0 Å². The van der Waals surface area contributed by atoms with Crippen LogP contribution in [0, 0.1) is 0 Å². The summed E-state index contributed by atoms with van der Waals surface area (Å²) in [7, 11) is 0. The fraction of sp³-hybridized carbons (Fsp3) is 0.125. The number of hydrogen-bond donors (Lipinski definition) is 1. The highest BCUT2D eigenvalue weighted by Crippen LogP contribution is 2.42. The Morgan fingerprint density at radius 1 is 1.41 bits per heavy atom. The van der Waals surface area contributed by atoms with E-state index in [1.54, 1.807) is 0 Å². The van der Waals surface area contributed by atoms with Crippen LogP contribution in [0.5, 0.6) is 5.75 Å². The molecule has 0 aliphatic carbocycles. The molecule has 0 aliphatic rings. The lowest BCUT2D eigenvalue weighted by Crippen LogP contribution is -2.28. The third-order valence-corrected chi connectivity index (χ3v) is 3.31. The molecule has 3 nitrogen and oxygen atoms in total. The Kier molecular flexibility index (Phi) is 4.32. The monoisotopic (exact) mass is 395 g/mol. The number of anilines is 1. The van der Waals surface area contributed by atoms with E-state index >= 15 is 0 Å². The van der Waals surface area contributed by atoms with Gasteiger partial charge in [0.25, 0.3) is 0 Å². The van der Waals surface area contributed by atoms with Crippen molar-refractivity contribution >= 4 is 55.1 Å². The lowest BCUT2D eigenvalue weighted by atomic mass is 10.3. The number of esters is 1. The third-order valence-electron chi connectivity index (χ3n) is 1.59. The number of nitrogen functional groups attached to an aromatic ring is 1. The van der Waals surface area contributed by atoms with Crippen molar-refractivity contribution in [3.63, 3.8) is 0 Å². The first-order valence-corrected chi connectivity index (χ1v) is 5.83. The molecule has 0 atom stereocenters. The van der Waals surface area contributed by atoms with Crippen molar-refractivity contribution < 1.29 is 22.7 Å². The van der Waals surface area contributed by atoms with Crippen LogP contribution >= 0.6 is 43.5 Å². The Morgan fingerprint density at radius 2 is 1.94 bits per heavy atom. The first-order valence-electron chi connectivity index (χ1n) is 3.86. The van der Waals surface area contributed by atoms with Gasteiger partial charge < -0.3 is 10.5 Å². The van der Waals surface area contributed by atoms with Crippen LogP contribution in [0.3, 0.4) is 0 Å². The maximum absolute atomic E-state index is 12.0. The van der Waals surface area contributed by atoms with E-state index < -0.39 is 17.9 Å². The first-order chi connectivity index (χ1) is 7.64. The van der Waals surface area contributed by atoms with Crippen molar-refractivity contribution in [1.29, 1.82) is 0 Å². The molecule has 17 heavy (non-hydrogen) atoms. The highest BCUT2D eigenvalue weighted by molar-refractivity contribution is 9.11. The fourth-order valence-corrected chi connectivity index (χ4v) is 2.52.